The third-order valence-electron chi connectivity index (χ3n) is 4.21. The van der Waals surface area contributed by atoms with Crippen LogP contribution in [0.3, 0.4) is 0 Å². The largest absolute Gasteiger partial charge is 0.359 e. The molecule has 3 aromatic rings. The van der Waals surface area contributed by atoms with Crippen molar-refractivity contribution < 1.29 is 4.79 Å². The van der Waals surface area contributed by atoms with Gasteiger partial charge in [0.25, 0.3) is 0 Å². The third kappa shape index (κ3) is 3.94. The number of pyridine rings is 1. The summed E-state index contributed by atoms with van der Waals surface area (Å²) in [7, 11) is 1.66. The molecule has 1 N–H and O–H groups in total. The second-order valence-corrected chi connectivity index (χ2v) is 5.87. The molecule has 0 aliphatic heterocycles. The normalized spacial score (nSPS) is 10.6. The SMILES string of the molecule is CCc1ccc(-c2nccn2-c2cccc(CCC(=O)NC)c2)nc1. The zero-order valence-electron chi connectivity index (χ0n) is 14.6. The smallest absolute Gasteiger partial charge is 0.220 e. The average Bonchev–Trinajstić information content (AvgIpc) is 3.16. The predicted molar refractivity (Wildman–Crippen MR) is 98.6 cm³/mol. The molecule has 0 saturated carbocycles. The highest BCUT2D eigenvalue weighted by Crippen LogP contribution is 2.21. The Kier molecular flexibility index (Phi) is 5.23. The number of benzene rings is 1. The standard InChI is InChI=1S/C20H22N4O/c1-3-15-7-9-18(23-14-15)20-22-11-12-24(20)17-6-4-5-16(13-17)8-10-19(25)21-2/h4-7,9,11-14H,3,8,10H2,1-2H3,(H,21,25). The lowest BCUT2D eigenvalue weighted by atomic mass is 10.1. The van der Waals surface area contributed by atoms with E-state index < -0.39 is 0 Å². The van der Waals surface area contributed by atoms with E-state index in [2.05, 4.69) is 34.3 Å². The minimum atomic E-state index is 0.0499. The quantitative estimate of drug-likeness (QED) is 0.753. The molecule has 1 amide bonds. The van der Waals surface area contributed by atoms with E-state index in [9.17, 15) is 4.79 Å². The molecular formula is C20H22N4O. The lowest BCUT2D eigenvalue weighted by Crippen LogP contribution is -2.17. The Hall–Kier alpha value is -2.95. The average molecular weight is 334 g/mol. The highest BCUT2D eigenvalue weighted by Gasteiger charge is 2.10. The van der Waals surface area contributed by atoms with E-state index in [0.717, 1.165) is 29.2 Å². The summed E-state index contributed by atoms with van der Waals surface area (Å²) in [4.78, 5) is 20.5. The van der Waals surface area contributed by atoms with Crippen LogP contribution in [-0.4, -0.2) is 27.5 Å². The topological polar surface area (TPSA) is 59.8 Å². The fourth-order valence-electron chi connectivity index (χ4n) is 2.71. The van der Waals surface area contributed by atoms with Crippen molar-refractivity contribution in [1.29, 1.82) is 0 Å². The van der Waals surface area contributed by atoms with E-state index >= 15 is 0 Å². The van der Waals surface area contributed by atoms with E-state index in [1.807, 2.05) is 41.2 Å². The molecule has 3 rings (SSSR count). The van der Waals surface area contributed by atoms with Crippen molar-refractivity contribution >= 4 is 5.91 Å². The number of rotatable bonds is 6. The molecule has 0 unspecified atom stereocenters. The van der Waals surface area contributed by atoms with Crippen LogP contribution in [-0.2, 0) is 17.6 Å². The number of nitrogens with one attached hydrogen (secondary N) is 1. The van der Waals surface area contributed by atoms with Crippen molar-refractivity contribution in [3.8, 4) is 17.2 Å². The first-order chi connectivity index (χ1) is 12.2. The summed E-state index contributed by atoms with van der Waals surface area (Å²) in [6, 6.07) is 12.3. The summed E-state index contributed by atoms with van der Waals surface area (Å²) in [6.07, 6.45) is 7.77. The Bertz CT molecular complexity index is 852. The molecule has 2 heterocycles. The molecule has 0 aliphatic carbocycles. The Balaban J connectivity index is 1.87. The van der Waals surface area contributed by atoms with Crippen LogP contribution < -0.4 is 5.32 Å². The molecular weight excluding hydrogens is 312 g/mol. The van der Waals surface area contributed by atoms with Crippen LogP contribution >= 0.6 is 0 Å². The molecule has 25 heavy (non-hydrogen) atoms. The lowest BCUT2D eigenvalue weighted by molar-refractivity contribution is -0.120. The molecule has 5 nitrogen and oxygen atoms in total. The highest BCUT2D eigenvalue weighted by atomic mass is 16.1. The van der Waals surface area contributed by atoms with Crippen molar-refractivity contribution in [2.45, 2.75) is 26.2 Å². The minimum absolute atomic E-state index is 0.0499. The van der Waals surface area contributed by atoms with Gasteiger partial charge in [0.1, 0.15) is 5.69 Å². The van der Waals surface area contributed by atoms with Crippen LogP contribution in [0.2, 0.25) is 0 Å². The number of carbonyl (C=O) groups is 1. The maximum atomic E-state index is 11.5. The molecule has 0 radical (unpaired) electrons. The zero-order valence-corrected chi connectivity index (χ0v) is 14.6. The molecule has 1 aromatic carbocycles. The molecule has 0 aliphatic rings. The minimum Gasteiger partial charge on any atom is -0.359 e. The van der Waals surface area contributed by atoms with Gasteiger partial charge in [-0.15, -0.1) is 0 Å². The van der Waals surface area contributed by atoms with E-state index in [4.69, 9.17) is 0 Å². The van der Waals surface area contributed by atoms with Gasteiger partial charge in [0.05, 0.1) is 0 Å². The van der Waals surface area contributed by atoms with Crippen molar-refractivity contribution in [2.24, 2.45) is 0 Å². The molecule has 0 bridgehead atoms. The number of aryl methyl sites for hydroxylation is 2. The van der Waals surface area contributed by atoms with E-state index in [-0.39, 0.29) is 5.91 Å². The number of carbonyl (C=O) groups excluding carboxylic acids is 1. The van der Waals surface area contributed by atoms with E-state index in [0.29, 0.717) is 12.8 Å². The van der Waals surface area contributed by atoms with Gasteiger partial charge in [0.2, 0.25) is 5.91 Å². The van der Waals surface area contributed by atoms with Gasteiger partial charge >= 0.3 is 0 Å². The molecule has 0 atom stereocenters. The number of amides is 1. The lowest BCUT2D eigenvalue weighted by Gasteiger charge is -2.10. The van der Waals surface area contributed by atoms with Crippen molar-refractivity contribution in [1.82, 2.24) is 19.9 Å². The summed E-state index contributed by atoms with van der Waals surface area (Å²) in [5.41, 5.74) is 4.19. The van der Waals surface area contributed by atoms with Gasteiger partial charge < -0.3 is 5.32 Å². The first kappa shape index (κ1) is 16.9. The van der Waals surface area contributed by atoms with Gasteiger partial charge in [-0.05, 0) is 42.2 Å². The number of aromatic nitrogens is 3. The summed E-state index contributed by atoms with van der Waals surface area (Å²) in [6.45, 7) is 2.11. The maximum absolute atomic E-state index is 11.5. The second-order valence-electron chi connectivity index (χ2n) is 5.87. The molecule has 128 valence electrons. The highest BCUT2D eigenvalue weighted by molar-refractivity contribution is 5.75. The van der Waals surface area contributed by atoms with Gasteiger partial charge in [0, 0.05) is 37.7 Å². The second kappa shape index (κ2) is 7.75. The van der Waals surface area contributed by atoms with Gasteiger partial charge in [-0.3, -0.25) is 14.3 Å². The first-order valence-corrected chi connectivity index (χ1v) is 8.49. The Morgan fingerprint density at radius 1 is 1.16 bits per heavy atom. The third-order valence-corrected chi connectivity index (χ3v) is 4.21. The van der Waals surface area contributed by atoms with Crippen LogP contribution in [0.25, 0.3) is 17.2 Å². The van der Waals surface area contributed by atoms with Crippen molar-refractivity contribution in [3.05, 3.63) is 66.1 Å². The Morgan fingerprint density at radius 2 is 2.04 bits per heavy atom. The first-order valence-electron chi connectivity index (χ1n) is 8.49. The van der Waals surface area contributed by atoms with Crippen LogP contribution in [0, 0.1) is 0 Å². The van der Waals surface area contributed by atoms with Crippen LogP contribution in [0.5, 0.6) is 0 Å². The summed E-state index contributed by atoms with van der Waals surface area (Å²) >= 11 is 0. The van der Waals surface area contributed by atoms with Gasteiger partial charge in [-0.2, -0.15) is 0 Å². The number of hydrogen-bond acceptors (Lipinski definition) is 3. The Morgan fingerprint density at radius 3 is 2.76 bits per heavy atom. The molecule has 0 spiro atoms. The summed E-state index contributed by atoms with van der Waals surface area (Å²) < 4.78 is 2.03. The van der Waals surface area contributed by atoms with Crippen molar-refractivity contribution in [3.63, 3.8) is 0 Å². The summed E-state index contributed by atoms with van der Waals surface area (Å²) in [5.74, 6) is 0.861. The molecule has 5 heteroatoms. The van der Waals surface area contributed by atoms with Gasteiger partial charge in [0.15, 0.2) is 5.82 Å². The predicted octanol–water partition coefficient (Wildman–Crippen LogP) is 3.18. The van der Waals surface area contributed by atoms with E-state index in [1.54, 1.807) is 13.2 Å². The monoisotopic (exact) mass is 334 g/mol. The maximum Gasteiger partial charge on any atom is 0.220 e. The fourth-order valence-corrected chi connectivity index (χ4v) is 2.71. The Labute approximate surface area is 147 Å². The molecule has 2 aromatic heterocycles. The van der Waals surface area contributed by atoms with Crippen LogP contribution in [0.1, 0.15) is 24.5 Å². The number of nitrogens with zero attached hydrogens (tertiary/aromatic N) is 3. The number of hydrogen-bond donors (Lipinski definition) is 1. The van der Waals surface area contributed by atoms with Gasteiger partial charge in [-0.25, -0.2) is 4.98 Å². The van der Waals surface area contributed by atoms with Crippen molar-refractivity contribution in [2.75, 3.05) is 7.05 Å². The molecule has 0 saturated heterocycles. The fraction of sp³-hybridized carbons (Fsp3) is 0.250. The molecule has 0 fully saturated rings. The number of imidazole rings is 1. The summed E-state index contributed by atoms with van der Waals surface area (Å²) in [5, 5.41) is 2.65. The van der Waals surface area contributed by atoms with Crippen LogP contribution in [0.15, 0.2) is 55.0 Å². The van der Waals surface area contributed by atoms with Crippen LogP contribution in [0.4, 0.5) is 0 Å². The zero-order chi connectivity index (χ0) is 17.6. The van der Waals surface area contributed by atoms with E-state index in [1.165, 1.54) is 5.56 Å². The van der Waals surface area contributed by atoms with Gasteiger partial charge in [-0.1, -0.05) is 25.1 Å².